The number of piperazine rings is 1. The van der Waals surface area contributed by atoms with Crippen LogP contribution in [0.15, 0.2) is 24.3 Å². The Bertz CT molecular complexity index is 873. The number of aliphatic hydroxyl groups is 1. The average molecular weight is 511 g/mol. The highest BCUT2D eigenvalue weighted by molar-refractivity contribution is 5.76. The molecule has 0 bridgehead atoms. The fourth-order valence-corrected chi connectivity index (χ4v) is 6.28. The van der Waals surface area contributed by atoms with Crippen molar-refractivity contribution < 1.29 is 23.1 Å². The molecule has 0 aromatic heterocycles. The van der Waals surface area contributed by atoms with Crippen LogP contribution >= 0.6 is 0 Å². The van der Waals surface area contributed by atoms with E-state index in [1.807, 2.05) is 4.90 Å². The van der Waals surface area contributed by atoms with Crippen LogP contribution in [0.25, 0.3) is 0 Å². The molecule has 0 aliphatic carbocycles. The maximum atomic E-state index is 13.2. The van der Waals surface area contributed by atoms with Crippen LogP contribution in [0.5, 0.6) is 0 Å². The van der Waals surface area contributed by atoms with Gasteiger partial charge in [0, 0.05) is 63.5 Å². The molecule has 4 rings (SSSR count). The van der Waals surface area contributed by atoms with Crippen LogP contribution in [-0.4, -0.2) is 96.3 Å². The number of halogens is 3. The van der Waals surface area contributed by atoms with Gasteiger partial charge in [0.1, 0.15) is 0 Å². The van der Waals surface area contributed by atoms with Gasteiger partial charge < -0.3 is 19.8 Å². The van der Waals surface area contributed by atoms with E-state index in [0.717, 1.165) is 64.5 Å². The zero-order chi connectivity index (χ0) is 25.9. The number of carbonyl (C=O) groups excluding carboxylic acids is 1. The molecule has 9 heteroatoms. The number of carbonyl (C=O) groups is 1. The van der Waals surface area contributed by atoms with E-state index in [0.29, 0.717) is 43.2 Å². The Morgan fingerprint density at radius 2 is 1.83 bits per heavy atom. The standard InChI is InChI=1S/C27H41F3N4O2/c1-20(2)33-12-10-25(21(18-33)8-9-26(36)34-11-4-7-24(34)19-35)32-15-13-31(14-16-32)23-6-3-5-22(17-23)27(28,29)30/h3,5-6,17,20-21,24-25,35H,4,7-16,18-19H2,1-2H3/t21-,24-,25+/m0/s1. The topological polar surface area (TPSA) is 50.3 Å². The number of benzene rings is 1. The Hall–Kier alpha value is -1.84. The molecule has 0 spiro atoms. The van der Waals surface area contributed by atoms with E-state index in [1.165, 1.54) is 12.1 Å². The summed E-state index contributed by atoms with van der Waals surface area (Å²) in [5.74, 6) is 0.529. The van der Waals surface area contributed by atoms with Gasteiger partial charge in [-0.15, -0.1) is 0 Å². The molecule has 0 radical (unpaired) electrons. The maximum Gasteiger partial charge on any atom is 0.416 e. The largest absolute Gasteiger partial charge is 0.416 e. The van der Waals surface area contributed by atoms with Crippen molar-refractivity contribution in [1.29, 1.82) is 0 Å². The number of rotatable bonds is 7. The molecule has 3 saturated heterocycles. The Labute approximate surface area is 213 Å². The molecule has 1 aromatic carbocycles. The molecular weight excluding hydrogens is 469 g/mol. The number of hydrogen-bond donors (Lipinski definition) is 1. The molecule has 1 amide bonds. The van der Waals surface area contributed by atoms with Crippen molar-refractivity contribution in [3.63, 3.8) is 0 Å². The van der Waals surface area contributed by atoms with E-state index >= 15 is 0 Å². The number of piperidine rings is 1. The minimum absolute atomic E-state index is 0.0317. The molecule has 36 heavy (non-hydrogen) atoms. The zero-order valence-electron chi connectivity index (χ0n) is 21.6. The maximum absolute atomic E-state index is 13.2. The van der Waals surface area contributed by atoms with Gasteiger partial charge >= 0.3 is 6.18 Å². The zero-order valence-corrected chi connectivity index (χ0v) is 21.6. The molecular formula is C27H41F3N4O2. The van der Waals surface area contributed by atoms with Gasteiger partial charge in [0.15, 0.2) is 0 Å². The first kappa shape index (κ1) is 27.2. The highest BCUT2D eigenvalue weighted by Crippen LogP contribution is 2.33. The van der Waals surface area contributed by atoms with Crippen molar-refractivity contribution in [2.75, 3.05) is 57.3 Å². The second-order valence-corrected chi connectivity index (χ2v) is 10.9. The van der Waals surface area contributed by atoms with Crippen molar-refractivity contribution >= 4 is 11.6 Å². The Balaban J connectivity index is 1.37. The summed E-state index contributed by atoms with van der Waals surface area (Å²) in [7, 11) is 0. The lowest BCUT2D eigenvalue weighted by atomic mass is 9.86. The average Bonchev–Trinajstić information content (AvgIpc) is 3.36. The Morgan fingerprint density at radius 3 is 2.50 bits per heavy atom. The number of hydrogen-bond acceptors (Lipinski definition) is 5. The molecule has 3 atom stereocenters. The van der Waals surface area contributed by atoms with E-state index in [4.69, 9.17) is 0 Å². The summed E-state index contributed by atoms with van der Waals surface area (Å²) in [4.78, 5) is 21.9. The monoisotopic (exact) mass is 510 g/mol. The van der Waals surface area contributed by atoms with E-state index in [-0.39, 0.29) is 18.6 Å². The molecule has 3 fully saturated rings. The van der Waals surface area contributed by atoms with Crippen molar-refractivity contribution in [2.24, 2.45) is 5.92 Å². The first-order valence-electron chi connectivity index (χ1n) is 13.5. The fraction of sp³-hybridized carbons (Fsp3) is 0.741. The lowest BCUT2D eigenvalue weighted by molar-refractivity contribution is -0.137. The first-order chi connectivity index (χ1) is 17.2. The van der Waals surface area contributed by atoms with Crippen LogP contribution in [0, 0.1) is 5.92 Å². The van der Waals surface area contributed by atoms with Crippen LogP contribution in [0.4, 0.5) is 18.9 Å². The number of nitrogens with zero attached hydrogens (tertiary/aromatic N) is 4. The second-order valence-electron chi connectivity index (χ2n) is 10.9. The van der Waals surface area contributed by atoms with Crippen molar-refractivity contribution in [3.05, 3.63) is 29.8 Å². The van der Waals surface area contributed by atoms with Gasteiger partial charge in [-0.2, -0.15) is 13.2 Å². The highest BCUT2D eigenvalue weighted by Gasteiger charge is 2.37. The molecule has 1 aromatic rings. The summed E-state index contributed by atoms with van der Waals surface area (Å²) in [5, 5.41) is 9.60. The highest BCUT2D eigenvalue weighted by atomic mass is 19.4. The third-order valence-corrected chi connectivity index (χ3v) is 8.41. The molecule has 0 saturated carbocycles. The van der Waals surface area contributed by atoms with Crippen LogP contribution in [0.3, 0.4) is 0 Å². The number of alkyl halides is 3. The Kier molecular flexibility index (Phi) is 8.83. The second kappa shape index (κ2) is 11.7. The third-order valence-electron chi connectivity index (χ3n) is 8.41. The molecule has 3 aliphatic heterocycles. The van der Waals surface area contributed by atoms with Gasteiger partial charge in [-0.3, -0.25) is 9.69 Å². The molecule has 3 heterocycles. The summed E-state index contributed by atoms with van der Waals surface area (Å²) in [5.41, 5.74) is 0.0277. The quantitative estimate of drug-likeness (QED) is 0.607. The van der Waals surface area contributed by atoms with Gasteiger partial charge in [0.25, 0.3) is 0 Å². The van der Waals surface area contributed by atoms with Gasteiger partial charge in [0.05, 0.1) is 18.2 Å². The molecule has 0 unspecified atom stereocenters. The van der Waals surface area contributed by atoms with Gasteiger partial charge in [-0.25, -0.2) is 0 Å². The molecule has 1 N–H and O–H groups in total. The molecule has 202 valence electrons. The smallest absolute Gasteiger partial charge is 0.394 e. The van der Waals surface area contributed by atoms with Gasteiger partial charge in [-0.05, 0) is 70.2 Å². The van der Waals surface area contributed by atoms with Crippen molar-refractivity contribution in [3.8, 4) is 0 Å². The van der Waals surface area contributed by atoms with E-state index < -0.39 is 11.7 Å². The SMILES string of the molecule is CC(C)N1CC[C@@H](N2CCN(c3cccc(C(F)(F)F)c3)CC2)[C@@H](CCC(=O)N2CCC[C@H]2CO)C1. The van der Waals surface area contributed by atoms with E-state index in [1.54, 1.807) is 6.07 Å². The minimum atomic E-state index is -4.33. The summed E-state index contributed by atoms with van der Waals surface area (Å²) in [6.45, 7) is 10.2. The summed E-state index contributed by atoms with van der Waals surface area (Å²) < 4.78 is 39.5. The molecule has 3 aliphatic rings. The van der Waals surface area contributed by atoms with Gasteiger partial charge in [-0.1, -0.05) is 6.07 Å². The number of anilines is 1. The summed E-state index contributed by atoms with van der Waals surface area (Å²) in [6, 6.07) is 6.43. The number of likely N-dealkylation sites (tertiary alicyclic amines) is 2. The lowest BCUT2D eigenvalue weighted by Gasteiger charge is -2.48. The number of aliphatic hydroxyl groups excluding tert-OH is 1. The van der Waals surface area contributed by atoms with Crippen molar-refractivity contribution in [1.82, 2.24) is 14.7 Å². The van der Waals surface area contributed by atoms with Crippen LogP contribution < -0.4 is 4.90 Å². The van der Waals surface area contributed by atoms with Crippen molar-refractivity contribution in [2.45, 2.75) is 70.3 Å². The predicted octanol–water partition coefficient (Wildman–Crippen LogP) is 3.69. The third kappa shape index (κ3) is 6.34. The predicted molar refractivity (Wildman–Crippen MR) is 135 cm³/mol. The van der Waals surface area contributed by atoms with Crippen LogP contribution in [0.2, 0.25) is 0 Å². The van der Waals surface area contributed by atoms with Gasteiger partial charge in [0.2, 0.25) is 5.91 Å². The number of amides is 1. The Morgan fingerprint density at radius 1 is 1.08 bits per heavy atom. The summed E-state index contributed by atoms with van der Waals surface area (Å²) in [6.07, 6.45) is -0.113. The lowest BCUT2D eigenvalue weighted by Crippen LogP contribution is -2.57. The molecule has 6 nitrogen and oxygen atoms in total. The first-order valence-corrected chi connectivity index (χ1v) is 13.5. The van der Waals surface area contributed by atoms with E-state index in [9.17, 15) is 23.1 Å². The van der Waals surface area contributed by atoms with E-state index in [2.05, 4.69) is 28.5 Å². The summed E-state index contributed by atoms with van der Waals surface area (Å²) >= 11 is 0. The van der Waals surface area contributed by atoms with Crippen LogP contribution in [-0.2, 0) is 11.0 Å². The fourth-order valence-electron chi connectivity index (χ4n) is 6.28. The normalized spacial score (nSPS) is 26.7. The van der Waals surface area contributed by atoms with Crippen LogP contribution in [0.1, 0.15) is 51.5 Å². The minimum Gasteiger partial charge on any atom is -0.394 e.